The Bertz CT molecular complexity index is 1110. The number of fused-ring (bicyclic) bond motifs is 3. The third kappa shape index (κ3) is 3.28. The van der Waals surface area contributed by atoms with Crippen LogP contribution >= 0.6 is 0 Å². The molecular weight excluding hydrogens is 362 g/mol. The number of pyridine rings is 1. The Morgan fingerprint density at radius 3 is 2.93 bits per heavy atom. The lowest BCUT2D eigenvalue weighted by Gasteiger charge is -2.27. The molecule has 2 fully saturated rings. The molecule has 7 nitrogen and oxygen atoms in total. The Morgan fingerprint density at radius 2 is 2.21 bits per heavy atom. The van der Waals surface area contributed by atoms with Gasteiger partial charge in [0, 0.05) is 37.8 Å². The van der Waals surface area contributed by atoms with Gasteiger partial charge in [-0.05, 0) is 56.0 Å². The van der Waals surface area contributed by atoms with E-state index in [0.29, 0.717) is 11.2 Å². The number of piperazine rings is 1. The number of aromatic nitrogens is 4. The number of nitriles is 1. The summed E-state index contributed by atoms with van der Waals surface area (Å²) < 4.78 is 1.68. The molecule has 1 N–H and O–H groups in total. The number of rotatable bonds is 5. The van der Waals surface area contributed by atoms with E-state index in [1.807, 2.05) is 13.1 Å². The van der Waals surface area contributed by atoms with Crippen LogP contribution in [-0.2, 0) is 13.5 Å². The van der Waals surface area contributed by atoms with E-state index in [9.17, 15) is 5.26 Å². The molecule has 2 aliphatic rings. The van der Waals surface area contributed by atoms with E-state index in [2.05, 4.69) is 56.7 Å². The van der Waals surface area contributed by atoms with Gasteiger partial charge in [0.25, 0.3) is 0 Å². The second kappa shape index (κ2) is 7.21. The highest BCUT2D eigenvalue weighted by molar-refractivity contribution is 5.83. The summed E-state index contributed by atoms with van der Waals surface area (Å²) in [6.07, 6.45) is 3.60. The molecule has 0 aliphatic carbocycles. The van der Waals surface area contributed by atoms with E-state index in [4.69, 9.17) is 0 Å². The molecule has 2 saturated heterocycles. The number of hydrogen-bond donors (Lipinski definition) is 1. The van der Waals surface area contributed by atoms with Crippen LogP contribution in [0.4, 0.5) is 0 Å². The highest BCUT2D eigenvalue weighted by Crippen LogP contribution is 2.26. The summed E-state index contributed by atoms with van der Waals surface area (Å²) in [4.78, 5) is 7.17. The summed E-state index contributed by atoms with van der Waals surface area (Å²) in [7, 11) is 1.83. The van der Waals surface area contributed by atoms with Crippen molar-refractivity contribution in [2.24, 2.45) is 7.05 Å². The second-order valence-corrected chi connectivity index (χ2v) is 8.28. The maximum atomic E-state index is 9.44. The van der Waals surface area contributed by atoms with Gasteiger partial charge in [-0.3, -0.25) is 4.90 Å². The molecule has 0 radical (unpaired) electrons. The minimum Gasteiger partial charge on any atom is -0.311 e. The zero-order chi connectivity index (χ0) is 20.0. The second-order valence-electron chi connectivity index (χ2n) is 8.28. The third-order valence-corrected chi connectivity index (χ3v) is 6.41. The van der Waals surface area contributed by atoms with Gasteiger partial charge in [0.1, 0.15) is 11.6 Å². The molecule has 4 heterocycles. The SMILES string of the molecule is Cc1cc(-c2cc3c(nnn3C)c(C#N)n2)ccc1CCCN1CC2CC1CN2. The molecule has 0 saturated carbocycles. The lowest BCUT2D eigenvalue weighted by atomic mass is 9.99. The molecule has 2 aliphatic heterocycles. The predicted molar refractivity (Wildman–Crippen MR) is 111 cm³/mol. The largest absolute Gasteiger partial charge is 0.311 e. The number of aryl methyl sites for hydroxylation is 3. The molecule has 29 heavy (non-hydrogen) atoms. The molecule has 148 valence electrons. The molecular formula is C22H25N7. The van der Waals surface area contributed by atoms with Crippen LogP contribution in [0, 0.1) is 18.3 Å². The van der Waals surface area contributed by atoms with E-state index < -0.39 is 0 Å². The number of likely N-dealkylation sites (tertiary alicyclic amines) is 1. The fourth-order valence-corrected chi connectivity index (χ4v) is 4.79. The third-order valence-electron chi connectivity index (χ3n) is 6.41. The number of hydrogen-bond acceptors (Lipinski definition) is 6. The zero-order valence-corrected chi connectivity index (χ0v) is 16.9. The van der Waals surface area contributed by atoms with Crippen molar-refractivity contribution in [3.05, 3.63) is 41.1 Å². The predicted octanol–water partition coefficient (Wildman–Crippen LogP) is 2.19. The first-order chi connectivity index (χ1) is 14.1. The normalized spacial score (nSPS) is 21.1. The molecule has 2 unspecified atom stereocenters. The van der Waals surface area contributed by atoms with Gasteiger partial charge >= 0.3 is 0 Å². The fraction of sp³-hybridized carbons (Fsp3) is 0.455. The van der Waals surface area contributed by atoms with Crippen molar-refractivity contribution in [2.45, 2.75) is 38.3 Å². The van der Waals surface area contributed by atoms with Gasteiger partial charge in [0.05, 0.1) is 11.2 Å². The van der Waals surface area contributed by atoms with Crippen LogP contribution in [0.1, 0.15) is 29.7 Å². The van der Waals surface area contributed by atoms with Crippen LogP contribution in [0.25, 0.3) is 22.3 Å². The molecule has 2 bridgehead atoms. The number of nitrogens with zero attached hydrogens (tertiary/aromatic N) is 6. The Balaban J connectivity index is 1.32. The van der Waals surface area contributed by atoms with Crippen molar-refractivity contribution < 1.29 is 0 Å². The summed E-state index contributed by atoms with van der Waals surface area (Å²) in [5.74, 6) is 0. The first-order valence-electron chi connectivity index (χ1n) is 10.3. The van der Waals surface area contributed by atoms with Crippen molar-refractivity contribution in [1.82, 2.24) is 30.2 Å². The van der Waals surface area contributed by atoms with Crippen molar-refractivity contribution in [3.8, 4) is 17.3 Å². The molecule has 1 aromatic carbocycles. The number of benzene rings is 1. The summed E-state index contributed by atoms with van der Waals surface area (Å²) in [5, 5.41) is 21.1. The molecule has 0 amide bonds. The smallest absolute Gasteiger partial charge is 0.170 e. The lowest BCUT2D eigenvalue weighted by Crippen LogP contribution is -2.43. The highest BCUT2D eigenvalue weighted by atomic mass is 15.4. The van der Waals surface area contributed by atoms with Crippen LogP contribution in [0.2, 0.25) is 0 Å². The Hall–Kier alpha value is -2.82. The van der Waals surface area contributed by atoms with Gasteiger partial charge in [-0.1, -0.05) is 17.3 Å². The average Bonchev–Trinajstić information content (AvgIpc) is 3.45. The standard InChI is InChI=1S/C22H25N7/c1-14-8-16(19-10-21-22(20(11-23)25-19)26-27-28(21)2)6-5-15(14)4-3-7-29-13-17-9-18(29)12-24-17/h5-6,8,10,17-18,24H,3-4,7,9,12-13H2,1-2H3. The first-order valence-corrected chi connectivity index (χ1v) is 10.3. The van der Waals surface area contributed by atoms with Crippen molar-refractivity contribution in [2.75, 3.05) is 19.6 Å². The van der Waals surface area contributed by atoms with Crippen molar-refractivity contribution in [3.63, 3.8) is 0 Å². The summed E-state index contributed by atoms with van der Waals surface area (Å²) in [6.45, 7) is 5.71. The minimum atomic E-state index is 0.321. The Morgan fingerprint density at radius 1 is 1.31 bits per heavy atom. The lowest BCUT2D eigenvalue weighted by molar-refractivity contribution is 0.223. The number of nitrogens with one attached hydrogen (secondary N) is 1. The van der Waals surface area contributed by atoms with E-state index in [1.54, 1.807) is 4.68 Å². The van der Waals surface area contributed by atoms with Crippen LogP contribution in [0.3, 0.4) is 0 Å². The van der Waals surface area contributed by atoms with E-state index in [1.165, 1.54) is 37.1 Å². The van der Waals surface area contributed by atoms with Gasteiger partial charge in [-0.15, -0.1) is 5.10 Å². The molecule has 3 aromatic rings. The van der Waals surface area contributed by atoms with E-state index >= 15 is 0 Å². The fourth-order valence-electron chi connectivity index (χ4n) is 4.79. The Labute approximate surface area is 170 Å². The van der Waals surface area contributed by atoms with E-state index in [0.717, 1.165) is 41.8 Å². The average molecular weight is 387 g/mol. The van der Waals surface area contributed by atoms with Gasteiger partial charge < -0.3 is 5.32 Å². The highest BCUT2D eigenvalue weighted by Gasteiger charge is 2.36. The van der Waals surface area contributed by atoms with Gasteiger partial charge in [-0.25, -0.2) is 9.67 Å². The molecule has 5 rings (SSSR count). The first kappa shape index (κ1) is 18.2. The van der Waals surface area contributed by atoms with Crippen LogP contribution < -0.4 is 5.32 Å². The van der Waals surface area contributed by atoms with Crippen molar-refractivity contribution in [1.29, 1.82) is 5.26 Å². The van der Waals surface area contributed by atoms with Crippen LogP contribution in [0.5, 0.6) is 0 Å². The molecule has 2 atom stereocenters. The van der Waals surface area contributed by atoms with Crippen molar-refractivity contribution >= 4 is 11.0 Å². The topological polar surface area (TPSA) is 82.7 Å². The van der Waals surface area contributed by atoms with Gasteiger partial charge in [0.2, 0.25) is 0 Å². The summed E-state index contributed by atoms with van der Waals surface area (Å²) in [5.41, 5.74) is 6.17. The quantitative estimate of drug-likeness (QED) is 0.723. The molecule has 0 spiro atoms. The minimum absolute atomic E-state index is 0.321. The molecule has 2 aromatic heterocycles. The summed E-state index contributed by atoms with van der Waals surface area (Å²) in [6, 6.07) is 12.1. The Kier molecular flexibility index (Phi) is 4.53. The summed E-state index contributed by atoms with van der Waals surface area (Å²) >= 11 is 0. The zero-order valence-electron chi connectivity index (χ0n) is 16.9. The van der Waals surface area contributed by atoms with E-state index in [-0.39, 0.29) is 0 Å². The maximum absolute atomic E-state index is 9.44. The maximum Gasteiger partial charge on any atom is 0.170 e. The molecule has 7 heteroatoms. The van der Waals surface area contributed by atoms with Gasteiger partial charge in [0.15, 0.2) is 5.69 Å². The van der Waals surface area contributed by atoms with Crippen LogP contribution in [0.15, 0.2) is 24.3 Å². The van der Waals surface area contributed by atoms with Crippen LogP contribution in [-0.4, -0.2) is 56.6 Å². The monoisotopic (exact) mass is 387 g/mol. The van der Waals surface area contributed by atoms with Gasteiger partial charge in [-0.2, -0.15) is 5.26 Å².